The molecule has 0 aromatic carbocycles. The van der Waals surface area contributed by atoms with Gasteiger partial charge in [0.2, 0.25) is 0 Å². The average molecular weight is 216 g/mol. The van der Waals surface area contributed by atoms with Crippen LogP contribution in [-0.2, 0) is 11.2 Å². The van der Waals surface area contributed by atoms with Gasteiger partial charge < -0.3 is 10.8 Å². The Balaban J connectivity index is 3.15. The number of aliphatic carboxylic acids is 1. The second-order valence-corrected chi connectivity index (χ2v) is 3.07. The summed E-state index contributed by atoms with van der Waals surface area (Å²) < 4.78 is 24.6. The maximum absolute atomic E-state index is 12.3. The van der Waals surface area contributed by atoms with E-state index in [9.17, 15) is 13.6 Å². The van der Waals surface area contributed by atoms with E-state index in [2.05, 4.69) is 4.98 Å². The van der Waals surface area contributed by atoms with E-state index in [1.54, 1.807) is 0 Å². The minimum Gasteiger partial charge on any atom is -0.481 e. The Kier molecular flexibility index (Phi) is 3.18. The molecule has 1 heterocycles. The van der Waals surface area contributed by atoms with E-state index in [1.165, 1.54) is 6.92 Å². The Bertz CT molecular complexity index is 371. The Labute approximate surface area is 84.7 Å². The smallest absolute Gasteiger partial charge is 0.307 e. The van der Waals surface area contributed by atoms with Crippen LogP contribution in [0.15, 0.2) is 6.07 Å². The minimum atomic E-state index is -2.70. The van der Waals surface area contributed by atoms with Crippen molar-refractivity contribution in [2.45, 2.75) is 19.8 Å². The molecule has 3 N–H and O–H groups in total. The summed E-state index contributed by atoms with van der Waals surface area (Å²) in [5, 5.41) is 8.56. The summed E-state index contributed by atoms with van der Waals surface area (Å²) in [7, 11) is 0. The number of nitrogen functional groups attached to an aromatic ring is 1. The van der Waals surface area contributed by atoms with Crippen LogP contribution in [-0.4, -0.2) is 16.1 Å². The highest BCUT2D eigenvalue weighted by Crippen LogP contribution is 2.23. The van der Waals surface area contributed by atoms with Gasteiger partial charge in [-0.3, -0.25) is 9.78 Å². The maximum Gasteiger partial charge on any atom is 0.307 e. The number of alkyl halides is 2. The highest BCUT2D eigenvalue weighted by Gasteiger charge is 2.15. The normalized spacial score (nSPS) is 10.7. The third-order valence-electron chi connectivity index (χ3n) is 1.94. The lowest BCUT2D eigenvalue weighted by Gasteiger charge is -2.09. The predicted molar refractivity (Wildman–Crippen MR) is 49.7 cm³/mol. The number of carboxylic acids is 1. The molecule has 82 valence electrons. The number of nitrogens with two attached hydrogens (primary N) is 1. The molecule has 0 saturated carbocycles. The molecule has 0 aliphatic heterocycles. The van der Waals surface area contributed by atoms with Crippen LogP contribution in [0.3, 0.4) is 0 Å². The molecule has 1 aromatic heterocycles. The molecule has 0 spiro atoms. The van der Waals surface area contributed by atoms with Crippen molar-refractivity contribution in [3.05, 3.63) is 23.0 Å². The Hall–Kier alpha value is -1.72. The van der Waals surface area contributed by atoms with Crippen molar-refractivity contribution in [1.82, 2.24) is 4.98 Å². The van der Waals surface area contributed by atoms with E-state index in [1.807, 2.05) is 0 Å². The third-order valence-corrected chi connectivity index (χ3v) is 1.94. The first-order chi connectivity index (χ1) is 6.91. The van der Waals surface area contributed by atoms with Crippen LogP contribution in [0.1, 0.15) is 23.4 Å². The average Bonchev–Trinajstić information content (AvgIpc) is 2.10. The zero-order valence-corrected chi connectivity index (χ0v) is 8.00. The van der Waals surface area contributed by atoms with Gasteiger partial charge in [-0.2, -0.15) is 0 Å². The fourth-order valence-corrected chi connectivity index (χ4v) is 1.24. The number of rotatable bonds is 3. The van der Waals surface area contributed by atoms with Crippen molar-refractivity contribution in [2.75, 3.05) is 5.73 Å². The molecular weight excluding hydrogens is 206 g/mol. The second kappa shape index (κ2) is 4.20. The number of pyridine rings is 1. The van der Waals surface area contributed by atoms with E-state index in [0.717, 1.165) is 6.07 Å². The van der Waals surface area contributed by atoms with Crippen LogP contribution in [0.5, 0.6) is 0 Å². The molecule has 0 saturated heterocycles. The monoisotopic (exact) mass is 216 g/mol. The van der Waals surface area contributed by atoms with Crippen molar-refractivity contribution in [1.29, 1.82) is 0 Å². The fraction of sp³-hybridized carbons (Fsp3) is 0.333. The molecule has 0 radical (unpaired) electrons. The Morgan fingerprint density at radius 1 is 1.67 bits per heavy atom. The topological polar surface area (TPSA) is 76.2 Å². The Morgan fingerprint density at radius 3 is 2.67 bits per heavy atom. The van der Waals surface area contributed by atoms with Crippen molar-refractivity contribution < 1.29 is 18.7 Å². The molecule has 0 aliphatic rings. The van der Waals surface area contributed by atoms with Crippen LogP contribution >= 0.6 is 0 Å². The second-order valence-electron chi connectivity index (χ2n) is 3.07. The largest absolute Gasteiger partial charge is 0.481 e. The highest BCUT2D eigenvalue weighted by atomic mass is 19.3. The molecule has 0 bridgehead atoms. The van der Waals surface area contributed by atoms with Gasteiger partial charge in [-0.15, -0.1) is 0 Å². The van der Waals surface area contributed by atoms with E-state index in [-0.39, 0.29) is 23.4 Å². The number of hydrogen-bond donors (Lipinski definition) is 2. The van der Waals surface area contributed by atoms with E-state index in [0.29, 0.717) is 0 Å². The van der Waals surface area contributed by atoms with Gasteiger partial charge in [-0.05, 0) is 13.0 Å². The zero-order valence-electron chi connectivity index (χ0n) is 8.00. The lowest BCUT2D eigenvalue weighted by Crippen LogP contribution is -2.08. The SMILES string of the molecule is Cc1nc(C(F)F)cc(N)c1CC(=O)O. The molecule has 0 fully saturated rings. The number of anilines is 1. The van der Waals surface area contributed by atoms with E-state index < -0.39 is 18.1 Å². The van der Waals surface area contributed by atoms with Gasteiger partial charge in [-0.1, -0.05) is 0 Å². The first-order valence-corrected chi connectivity index (χ1v) is 4.17. The first-order valence-electron chi connectivity index (χ1n) is 4.17. The molecule has 0 aliphatic carbocycles. The van der Waals surface area contributed by atoms with Crippen LogP contribution in [0.4, 0.5) is 14.5 Å². The highest BCUT2D eigenvalue weighted by molar-refractivity contribution is 5.73. The number of hydrogen-bond acceptors (Lipinski definition) is 3. The summed E-state index contributed by atoms with van der Waals surface area (Å²) in [6.45, 7) is 1.46. The summed E-state index contributed by atoms with van der Waals surface area (Å²) in [6, 6.07) is 1.01. The van der Waals surface area contributed by atoms with Crippen LogP contribution in [0.2, 0.25) is 0 Å². The molecule has 1 aromatic rings. The standard InChI is InChI=1S/C9H10F2N2O2/c1-4-5(2-8(14)15)6(12)3-7(13-4)9(10)11/h3,9H,2H2,1H3,(H2,12,13)(H,14,15). The van der Waals surface area contributed by atoms with Crippen molar-refractivity contribution in [2.24, 2.45) is 0 Å². The number of aromatic nitrogens is 1. The van der Waals surface area contributed by atoms with Gasteiger partial charge >= 0.3 is 5.97 Å². The number of carboxylic acid groups (broad SMARTS) is 1. The van der Waals surface area contributed by atoms with Crippen LogP contribution in [0, 0.1) is 6.92 Å². The quantitative estimate of drug-likeness (QED) is 0.803. The summed E-state index contributed by atoms with van der Waals surface area (Å²) in [6.07, 6.45) is -3.02. The summed E-state index contributed by atoms with van der Waals surface area (Å²) >= 11 is 0. The van der Waals surface area contributed by atoms with Crippen LogP contribution < -0.4 is 5.73 Å². The van der Waals surface area contributed by atoms with Crippen LogP contribution in [0.25, 0.3) is 0 Å². The molecule has 15 heavy (non-hydrogen) atoms. The number of halogens is 2. The summed E-state index contributed by atoms with van der Waals surface area (Å²) in [5.41, 5.74) is 5.60. The van der Waals surface area contributed by atoms with Gasteiger partial charge in [0.1, 0.15) is 5.69 Å². The van der Waals surface area contributed by atoms with Crippen molar-refractivity contribution >= 4 is 11.7 Å². The zero-order chi connectivity index (χ0) is 11.6. The molecule has 1 rings (SSSR count). The summed E-state index contributed by atoms with van der Waals surface area (Å²) in [5.74, 6) is -1.07. The molecular formula is C9H10F2N2O2. The van der Waals surface area contributed by atoms with Crippen molar-refractivity contribution in [3.63, 3.8) is 0 Å². The van der Waals surface area contributed by atoms with E-state index >= 15 is 0 Å². The van der Waals surface area contributed by atoms with Gasteiger partial charge in [0, 0.05) is 16.9 Å². The molecule has 0 amide bonds. The number of carbonyl (C=O) groups is 1. The fourth-order valence-electron chi connectivity index (χ4n) is 1.24. The molecule has 0 unspecified atom stereocenters. The summed E-state index contributed by atoms with van der Waals surface area (Å²) in [4.78, 5) is 14.1. The minimum absolute atomic E-state index is 0.0419. The number of nitrogens with zero attached hydrogens (tertiary/aromatic N) is 1. The molecule has 4 nitrogen and oxygen atoms in total. The third kappa shape index (κ3) is 2.61. The molecule has 6 heteroatoms. The lowest BCUT2D eigenvalue weighted by molar-refractivity contribution is -0.136. The van der Waals surface area contributed by atoms with E-state index in [4.69, 9.17) is 10.8 Å². The van der Waals surface area contributed by atoms with Gasteiger partial charge in [0.25, 0.3) is 6.43 Å². The first kappa shape index (κ1) is 11.4. The Morgan fingerprint density at radius 2 is 2.27 bits per heavy atom. The van der Waals surface area contributed by atoms with Crippen molar-refractivity contribution in [3.8, 4) is 0 Å². The maximum atomic E-state index is 12.3. The lowest BCUT2D eigenvalue weighted by atomic mass is 10.1. The van der Waals surface area contributed by atoms with Gasteiger partial charge in [-0.25, -0.2) is 8.78 Å². The predicted octanol–water partition coefficient (Wildman–Crippen LogP) is 1.54. The molecule has 0 atom stereocenters. The van der Waals surface area contributed by atoms with Gasteiger partial charge in [0.05, 0.1) is 6.42 Å². The van der Waals surface area contributed by atoms with Gasteiger partial charge in [0.15, 0.2) is 0 Å². The number of aryl methyl sites for hydroxylation is 1.